The van der Waals surface area contributed by atoms with Gasteiger partial charge in [-0.1, -0.05) is 33.3 Å². The monoisotopic (exact) mass is 372 g/mol. The third-order valence-corrected chi connectivity index (χ3v) is 8.93. The standard InChI is InChI=1S/C24H36O3/c1-22(2)10-5-11-23(3)19(22)8-12-24(13-14-24)20(23)7-4-6-18-17(9-15-25)16-27-21(18)26/h6,15,17,19-20H,4-5,7-14,16H2,1-3H3/b18-6-/t17-,19+,20-,23+/m1/s1. The molecule has 0 amide bonds. The first-order chi connectivity index (χ1) is 12.8. The van der Waals surface area contributed by atoms with Crippen LogP contribution in [0.2, 0.25) is 0 Å². The predicted molar refractivity (Wildman–Crippen MR) is 106 cm³/mol. The first-order valence-electron chi connectivity index (χ1n) is 11.1. The second-order valence-corrected chi connectivity index (χ2v) is 10.8. The van der Waals surface area contributed by atoms with Gasteiger partial charge < -0.3 is 9.53 Å². The van der Waals surface area contributed by atoms with E-state index in [0.29, 0.717) is 29.3 Å². The average molecular weight is 373 g/mol. The van der Waals surface area contributed by atoms with Gasteiger partial charge >= 0.3 is 5.97 Å². The summed E-state index contributed by atoms with van der Waals surface area (Å²) in [4.78, 5) is 22.9. The lowest BCUT2D eigenvalue weighted by Crippen LogP contribution is -2.52. The van der Waals surface area contributed by atoms with Crippen molar-refractivity contribution in [1.82, 2.24) is 0 Å². The summed E-state index contributed by atoms with van der Waals surface area (Å²) in [6.45, 7) is 7.97. The Kier molecular flexibility index (Phi) is 4.79. The lowest BCUT2D eigenvalue weighted by molar-refractivity contribution is -0.135. The average Bonchev–Trinajstić information content (AvgIpc) is 3.28. The summed E-state index contributed by atoms with van der Waals surface area (Å²) in [7, 11) is 0. The maximum absolute atomic E-state index is 12.1. The van der Waals surface area contributed by atoms with Crippen molar-refractivity contribution in [1.29, 1.82) is 0 Å². The van der Waals surface area contributed by atoms with Crippen LogP contribution in [0.3, 0.4) is 0 Å². The molecule has 0 unspecified atom stereocenters. The van der Waals surface area contributed by atoms with Crippen molar-refractivity contribution in [3.63, 3.8) is 0 Å². The third-order valence-electron chi connectivity index (χ3n) is 8.93. The molecule has 0 bridgehead atoms. The lowest BCUT2D eigenvalue weighted by atomic mass is 9.45. The summed E-state index contributed by atoms with van der Waals surface area (Å²) in [6.07, 6.45) is 15.3. The zero-order valence-electron chi connectivity index (χ0n) is 17.4. The highest BCUT2D eigenvalue weighted by Gasteiger charge is 2.62. The quantitative estimate of drug-likeness (QED) is 0.365. The van der Waals surface area contributed by atoms with Gasteiger partial charge in [-0.25, -0.2) is 4.79 Å². The number of allylic oxidation sites excluding steroid dienone is 1. The van der Waals surface area contributed by atoms with Crippen LogP contribution in [0.15, 0.2) is 11.6 Å². The summed E-state index contributed by atoms with van der Waals surface area (Å²) in [6, 6.07) is 0. The van der Waals surface area contributed by atoms with E-state index in [9.17, 15) is 9.59 Å². The van der Waals surface area contributed by atoms with E-state index in [-0.39, 0.29) is 11.9 Å². The number of hydrogen-bond acceptors (Lipinski definition) is 3. The van der Waals surface area contributed by atoms with Crippen molar-refractivity contribution in [2.45, 2.75) is 85.0 Å². The van der Waals surface area contributed by atoms with E-state index in [0.717, 1.165) is 30.1 Å². The van der Waals surface area contributed by atoms with E-state index in [1.54, 1.807) is 0 Å². The predicted octanol–water partition coefficient (Wildman–Crippen LogP) is 5.48. The van der Waals surface area contributed by atoms with E-state index in [4.69, 9.17) is 4.74 Å². The topological polar surface area (TPSA) is 43.4 Å². The van der Waals surface area contributed by atoms with Crippen molar-refractivity contribution >= 4 is 12.3 Å². The van der Waals surface area contributed by atoms with Gasteiger partial charge in [-0.2, -0.15) is 0 Å². The van der Waals surface area contributed by atoms with Gasteiger partial charge in [0.15, 0.2) is 0 Å². The molecule has 3 nitrogen and oxygen atoms in total. The molecule has 4 aliphatic rings. The van der Waals surface area contributed by atoms with Gasteiger partial charge in [0.1, 0.15) is 6.29 Å². The Morgan fingerprint density at radius 3 is 2.59 bits per heavy atom. The maximum Gasteiger partial charge on any atom is 0.334 e. The number of ether oxygens (including phenoxy) is 1. The van der Waals surface area contributed by atoms with Gasteiger partial charge in [-0.3, -0.25) is 0 Å². The Morgan fingerprint density at radius 2 is 1.89 bits per heavy atom. The second-order valence-electron chi connectivity index (χ2n) is 10.8. The van der Waals surface area contributed by atoms with Crippen LogP contribution < -0.4 is 0 Å². The molecule has 3 saturated carbocycles. The molecule has 0 aromatic heterocycles. The van der Waals surface area contributed by atoms with Crippen molar-refractivity contribution in [2.24, 2.45) is 34.0 Å². The molecule has 150 valence electrons. The van der Waals surface area contributed by atoms with Gasteiger partial charge in [-0.15, -0.1) is 0 Å². The van der Waals surface area contributed by atoms with Crippen molar-refractivity contribution in [3.05, 3.63) is 11.6 Å². The molecule has 27 heavy (non-hydrogen) atoms. The highest BCUT2D eigenvalue weighted by molar-refractivity contribution is 5.91. The minimum atomic E-state index is -0.200. The molecule has 1 aliphatic heterocycles. The number of cyclic esters (lactones) is 1. The summed E-state index contributed by atoms with van der Waals surface area (Å²) in [5.41, 5.74) is 2.27. The van der Waals surface area contributed by atoms with Crippen LogP contribution >= 0.6 is 0 Å². The fraction of sp³-hybridized carbons (Fsp3) is 0.833. The van der Waals surface area contributed by atoms with E-state index in [1.165, 1.54) is 51.4 Å². The molecular formula is C24H36O3. The van der Waals surface area contributed by atoms with Crippen molar-refractivity contribution in [2.75, 3.05) is 6.61 Å². The third kappa shape index (κ3) is 3.19. The Balaban J connectivity index is 1.52. The van der Waals surface area contributed by atoms with Crippen LogP contribution in [-0.4, -0.2) is 18.9 Å². The number of aldehydes is 1. The highest BCUT2D eigenvalue weighted by atomic mass is 16.5. The SMILES string of the molecule is CC1(C)CCC[C@@]2(C)[C@H]1CCC1(CC1)[C@@H]2CC/C=C1\C(=O)OC[C@H]1CC=O. The number of fused-ring (bicyclic) bond motifs is 1. The summed E-state index contributed by atoms with van der Waals surface area (Å²) >= 11 is 0. The van der Waals surface area contributed by atoms with Crippen LogP contribution in [0.25, 0.3) is 0 Å². The zero-order chi connectivity index (χ0) is 19.3. The first kappa shape index (κ1) is 19.2. The normalized spacial score (nSPS) is 40.6. The molecule has 4 fully saturated rings. The summed E-state index contributed by atoms with van der Waals surface area (Å²) in [5, 5.41) is 0. The molecule has 0 aromatic rings. The van der Waals surface area contributed by atoms with Gasteiger partial charge in [0.2, 0.25) is 0 Å². The van der Waals surface area contributed by atoms with Gasteiger partial charge in [0, 0.05) is 17.9 Å². The van der Waals surface area contributed by atoms with Gasteiger partial charge in [-0.05, 0) is 79.4 Å². The van der Waals surface area contributed by atoms with Gasteiger partial charge in [0.25, 0.3) is 0 Å². The minimum Gasteiger partial charge on any atom is -0.462 e. The Hall–Kier alpha value is -1.12. The Morgan fingerprint density at radius 1 is 1.11 bits per heavy atom. The molecule has 0 N–H and O–H groups in total. The van der Waals surface area contributed by atoms with Crippen LogP contribution in [0.4, 0.5) is 0 Å². The Labute approximate surface area is 164 Å². The van der Waals surface area contributed by atoms with E-state index in [2.05, 4.69) is 26.8 Å². The fourth-order valence-electron chi connectivity index (χ4n) is 7.49. The summed E-state index contributed by atoms with van der Waals surface area (Å²) in [5.74, 6) is 1.40. The molecule has 1 spiro atoms. The van der Waals surface area contributed by atoms with Crippen LogP contribution in [0.5, 0.6) is 0 Å². The second kappa shape index (κ2) is 6.74. The zero-order valence-corrected chi connectivity index (χ0v) is 17.4. The molecule has 1 heterocycles. The number of carbonyl (C=O) groups excluding carboxylic acids is 2. The largest absolute Gasteiger partial charge is 0.462 e. The minimum absolute atomic E-state index is 0.0202. The van der Waals surface area contributed by atoms with Gasteiger partial charge in [0.05, 0.1) is 6.61 Å². The number of esters is 1. The van der Waals surface area contributed by atoms with Crippen molar-refractivity contribution in [3.8, 4) is 0 Å². The molecule has 1 saturated heterocycles. The molecule has 4 rings (SSSR count). The van der Waals surface area contributed by atoms with E-state index in [1.807, 2.05) is 0 Å². The smallest absolute Gasteiger partial charge is 0.334 e. The molecular weight excluding hydrogens is 336 g/mol. The Bertz CT molecular complexity index is 642. The van der Waals surface area contributed by atoms with Crippen LogP contribution in [0.1, 0.15) is 85.0 Å². The number of rotatable bonds is 5. The molecule has 0 aromatic carbocycles. The summed E-state index contributed by atoms with van der Waals surface area (Å²) < 4.78 is 5.19. The first-order valence-corrected chi connectivity index (χ1v) is 11.1. The van der Waals surface area contributed by atoms with Crippen LogP contribution in [0, 0.1) is 34.0 Å². The molecule has 0 radical (unpaired) electrons. The fourth-order valence-corrected chi connectivity index (χ4v) is 7.49. The van der Waals surface area contributed by atoms with Crippen LogP contribution in [-0.2, 0) is 14.3 Å². The van der Waals surface area contributed by atoms with Crippen molar-refractivity contribution < 1.29 is 14.3 Å². The highest BCUT2D eigenvalue weighted by Crippen LogP contribution is 2.72. The van der Waals surface area contributed by atoms with E-state index >= 15 is 0 Å². The molecule has 3 aliphatic carbocycles. The molecule has 4 atom stereocenters. The number of carbonyl (C=O) groups is 2. The molecule has 3 heteroatoms. The van der Waals surface area contributed by atoms with E-state index < -0.39 is 0 Å². The number of hydrogen-bond donors (Lipinski definition) is 0. The maximum atomic E-state index is 12.1. The lowest BCUT2D eigenvalue weighted by Gasteiger charge is -2.60.